The van der Waals surface area contributed by atoms with E-state index in [-0.39, 0.29) is 5.41 Å². The van der Waals surface area contributed by atoms with Gasteiger partial charge in [0, 0.05) is 5.41 Å². The van der Waals surface area contributed by atoms with E-state index in [2.05, 4.69) is 98.0 Å². The summed E-state index contributed by atoms with van der Waals surface area (Å²) in [6, 6.07) is 21.7. The minimum absolute atomic E-state index is 0.0510. The number of hydrogen-bond acceptors (Lipinski definition) is 0. The van der Waals surface area contributed by atoms with Gasteiger partial charge in [-0.2, -0.15) is 0 Å². The third-order valence-corrected chi connectivity index (χ3v) is 4.56. The van der Waals surface area contributed by atoms with Crippen molar-refractivity contribution in [1.29, 1.82) is 0 Å². The molecule has 0 radical (unpaired) electrons. The van der Waals surface area contributed by atoms with Crippen LogP contribution in [0.1, 0.15) is 37.3 Å². The van der Waals surface area contributed by atoms with Crippen molar-refractivity contribution in [3.8, 4) is 0 Å². The molecule has 116 valence electrons. The molecule has 0 saturated carbocycles. The smallest absolute Gasteiger partial charge is 0.0419 e. The van der Waals surface area contributed by atoms with Gasteiger partial charge >= 0.3 is 0 Å². The zero-order valence-electron chi connectivity index (χ0n) is 13.8. The summed E-state index contributed by atoms with van der Waals surface area (Å²) in [5.74, 6) is 0. The summed E-state index contributed by atoms with van der Waals surface area (Å²) in [5.41, 5.74) is 3.98. The molecular weight excluding hydrogens is 276 g/mol. The number of rotatable bonds is 5. The Hall–Kier alpha value is -2.34. The summed E-state index contributed by atoms with van der Waals surface area (Å²) in [6.45, 7) is 2.21. The lowest BCUT2D eigenvalue weighted by Gasteiger charge is -2.33. The van der Waals surface area contributed by atoms with Crippen LogP contribution in [0.2, 0.25) is 0 Å². The molecule has 0 heteroatoms. The Morgan fingerprint density at radius 2 is 1.52 bits per heavy atom. The second kappa shape index (κ2) is 7.28. The van der Waals surface area contributed by atoms with E-state index in [0.29, 0.717) is 0 Å². The van der Waals surface area contributed by atoms with E-state index in [1.165, 1.54) is 23.1 Å². The van der Waals surface area contributed by atoms with E-state index >= 15 is 0 Å². The van der Waals surface area contributed by atoms with Crippen LogP contribution in [0, 0.1) is 0 Å². The van der Waals surface area contributed by atoms with Crippen molar-refractivity contribution in [2.24, 2.45) is 0 Å². The van der Waals surface area contributed by atoms with Gasteiger partial charge in [0.1, 0.15) is 0 Å². The number of allylic oxidation sites excluding steroid dienone is 6. The molecule has 0 bridgehead atoms. The Labute approximate surface area is 139 Å². The fourth-order valence-corrected chi connectivity index (χ4v) is 3.23. The van der Waals surface area contributed by atoms with Gasteiger partial charge in [-0.25, -0.2) is 0 Å². The SMILES string of the molecule is CCCC=CC1=CCC(c2ccccc2)(c2ccccc2)C=C1. The number of benzene rings is 2. The van der Waals surface area contributed by atoms with Gasteiger partial charge in [-0.05, 0) is 29.5 Å². The summed E-state index contributed by atoms with van der Waals surface area (Å²) in [4.78, 5) is 0. The molecule has 1 aliphatic rings. The van der Waals surface area contributed by atoms with Crippen LogP contribution in [-0.4, -0.2) is 0 Å². The van der Waals surface area contributed by atoms with Crippen molar-refractivity contribution >= 4 is 0 Å². The van der Waals surface area contributed by atoms with Crippen LogP contribution in [0.5, 0.6) is 0 Å². The summed E-state index contributed by atoms with van der Waals surface area (Å²) >= 11 is 0. The molecule has 0 nitrogen and oxygen atoms in total. The van der Waals surface area contributed by atoms with Crippen molar-refractivity contribution in [3.05, 3.63) is 108 Å². The summed E-state index contributed by atoms with van der Waals surface area (Å²) < 4.78 is 0. The highest BCUT2D eigenvalue weighted by atomic mass is 14.3. The third kappa shape index (κ3) is 3.37. The molecule has 0 aliphatic heterocycles. The molecule has 0 atom stereocenters. The molecule has 0 saturated heterocycles. The average Bonchev–Trinajstić information content (AvgIpc) is 2.64. The molecule has 23 heavy (non-hydrogen) atoms. The molecule has 0 N–H and O–H groups in total. The standard InChI is InChI=1S/C23H24/c1-2-3-6-11-20-16-18-23(19-17-20,21-12-7-4-8-13-21)22-14-9-5-10-15-22/h4-18H,2-3,19H2,1H3. The topological polar surface area (TPSA) is 0 Å². The average molecular weight is 300 g/mol. The van der Waals surface area contributed by atoms with Crippen molar-refractivity contribution < 1.29 is 0 Å². The molecule has 0 heterocycles. The first-order valence-electron chi connectivity index (χ1n) is 8.52. The molecule has 0 amide bonds. The maximum atomic E-state index is 2.38. The minimum Gasteiger partial charge on any atom is -0.0840 e. The van der Waals surface area contributed by atoms with Gasteiger partial charge in [-0.3, -0.25) is 0 Å². The summed E-state index contributed by atoms with van der Waals surface area (Å²) in [7, 11) is 0. The second-order valence-corrected chi connectivity index (χ2v) is 6.14. The van der Waals surface area contributed by atoms with Crippen LogP contribution in [0.25, 0.3) is 0 Å². The zero-order valence-corrected chi connectivity index (χ0v) is 13.8. The molecule has 0 spiro atoms. The third-order valence-electron chi connectivity index (χ3n) is 4.56. The van der Waals surface area contributed by atoms with E-state index in [9.17, 15) is 0 Å². The van der Waals surface area contributed by atoms with E-state index < -0.39 is 0 Å². The predicted molar refractivity (Wildman–Crippen MR) is 99.6 cm³/mol. The van der Waals surface area contributed by atoms with E-state index in [0.717, 1.165) is 12.8 Å². The first-order valence-corrected chi connectivity index (χ1v) is 8.52. The van der Waals surface area contributed by atoms with Crippen molar-refractivity contribution in [1.82, 2.24) is 0 Å². The molecule has 2 aromatic carbocycles. The second-order valence-electron chi connectivity index (χ2n) is 6.14. The van der Waals surface area contributed by atoms with Crippen molar-refractivity contribution in [3.63, 3.8) is 0 Å². The van der Waals surface area contributed by atoms with Gasteiger partial charge in [0.25, 0.3) is 0 Å². The van der Waals surface area contributed by atoms with E-state index in [1.807, 2.05) is 0 Å². The normalized spacial score (nSPS) is 16.5. The Bertz CT molecular complexity index is 663. The fraction of sp³-hybridized carbons (Fsp3) is 0.217. The van der Waals surface area contributed by atoms with Crippen molar-refractivity contribution in [2.75, 3.05) is 0 Å². The van der Waals surface area contributed by atoms with Crippen LogP contribution >= 0.6 is 0 Å². The Morgan fingerprint density at radius 3 is 2.00 bits per heavy atom. The maximum absolute atomic E-state index is 2.38. The Balaban J connectivity index is 1.96. The van der Waals surface area contributed by atoms with Gasteiger partial charge in [0.05, 0.1) is 0 Å². The lowest BCUT2D eigenvalue weighted by Crippen LogP contribution is -2.26. The largest absolute Gasteiger partial charge is 0.0840 e. The van der Waals surface area contributed by atoms with E-state index in [4.69, 9.17) is 0 Å². The van der Waals surface area contributed by atoms with Gasteiger partial charge in [0.2, 0.25) is 0 Å². The number of unbranched alkanes of at least 4 members (excludes halogenated alkanes) is 1. The minimum atomic E-state index is -0.0510. The molecule has 2 aromatic rings. The van der Waals surface area contributed by atoms with Gasteiger partial charge in [0.15, 0.2) is 0 Å². The van der Waals surface area contributed by atoms with Crippen LogP contribution in [0.3, 0.4) is 0 Å². The Morgan fingerprint density at radius 1 is 0.913 bits per heavy atom. The first kappa shape index (κ1) is 15.6. The van der Waals surface area contributed by atoms with Crippen molar-refractivity contribution in [2.45, 2.75) is 31.6 Å². The zero-order chi connectivity index (χ0) is 16.0. The lowest BCUT2D eigenvalue weighted by molar-refractivity contribution is 0.645. The fourth-order valence-electron chi connectivity index (χ4n) is 3.23. The summed E-state index contributed by atoms with van der Waals surface area (Å²) in [5, 5.41) is 0. The molecule has 1 aliphatic carbocycles. The highest BCUT2D eigenvalue weighted by molar-refractivity contribution is 5.50. The number of hydrogen-bond donors (Lipinski definition) is 0. The van der Waals surface area contributed by atoms with Crippen LogP contribution in [0.15, 0.2) is 96.6 Å². The lowest BCUT2D eigenvalue weighted by atomic mass is 9.69. The highest BCUT2D eigenvalue weighted by Gasteiger charge is 2.31. The van der Waals surface area contributed by atoms with Crippen LogP contribution in [0.4, 0.5) is 0 Å². The predicted octanol–water partition coefficient (Wildman–Crippen LogP) is 6.22. The maximum Gasteiger partial charge on any atom is 0.0419 e. The van der Waals surface area contributed by atoms with Gasteiger partial charge < -0.3 is 0 Å². The molecule has 3 rings (SSSR count). The van der Waals surface area contributed by atoms with Crippen LogP contribution < -0.4 is 0 Å². The highest BCUT2D eigenvalue weighted by Crippen LogP contribution is 2.40. The Kier molecular flexibility index (Phi) is 4.92. The van der Waals surface area contributed by atoms with Gasteiger partial charge in [-0.15, -0.1) is 0 Å². The molecule has 0 aromatic heterocycles. The molecular formula is C23H24. The quantitative estimate of drug-likeness (QED) is 0.615. The van der Waals surface area contributed by atoms with Crippen LogP contribution in [-0.2, 0) is 5.41 Å². The molecule has 0 fully saturated rings. The first-order chi connectivity index (χ1) is 11.3. The molecule has 0 unspecified atom stereocenters. The monoisotopic (exact) mass is 300 g/mol. The van der Waals surface area contributed by atoms with Gasteiger partial charge in [-0.1, -0.05) is 104 Å². The van der Waals surface area contributed by atoms with E-state index in [1.54, 1.807) is 0 Å². The summed E-state index contributed by atoms with van der Waals surface area (Å²) in [6.07, 6.45) is 14.9.